The summed E-state index contributed by atoms with van der Waals surface area (Å²) in [4.78, 5) is 29.0. The Kier molecular flexibility index (Phi) is 11.4. The number of sulfonamides is 1. The van der Waals surface area contributed by atoms with Crippen molar-refractivity contribution in [3.63, 3.8) is 0 Å². The van der Waals surface area contributed by atoms with Gasteiger partial charge < -0.3 is 19.7 Å². The fourth-order valence-corrected chi connectivity index (χ4v) is 6.92. The van der Waals surface area contributed by atoms with Crippen LogP contribution in [0.4, 0.5) is 14.5 Å². The van der Waals surface area contributed by atoms with Crippen molar-refractivity contribution in [2.45, 2.75) is 69.0 Å². The van der Waals surface area contributed by atoms with E-state index in [0.29, 0.717) is 11.3 Å². The van der Waals surface area contributed by atoms with Gasteiger partial charge in [-0.05, 0) is 73.4 Å². The maximum absolute atomic E-state index is 14.2. The van der Waals surface area contributed by atoms with Crippen LogP contribution < -0.4 is 19.1 Å². The lowest BCUT2D eigenvalue weighted by atomic mass is 9.95. The summed E-state index contributed by atoms with van der Waals surface area (Å²) in [6.45, 7) is 1.01. The van der Waals surface area contributed by atoms with Crippen LogP contribution in [0.5, 0.6) is 11.5 Å². The smallest absolute Gasteiger partial charge is 0.264 e. The Morgan fingerprint density at radius 2 is 1.49 bits per heavy atom. The molecule has 0 unspecified atom stereocenters. The van der Waals surface area contributed by atoms with Crippen molar-refractivity contribution in [2.75, 3.05) is 25.1 Å². The van der Waals surface area contributed by atoms with E-state index < -0.39 is 40.2 Å². The molecular formula is C33H39F2N3O6S. The summed E-state index contributed by atoms with van der Waals surface area (Å²) in [5.74, 6) is -1.58. The number of benzene rings is 3. The first-order valence-corrected chi connectivity index (χ1v) is 16.4. The van der Waals surface area contributed by atoms with Crippen molar-refractivity contribution in [1.29, 1.82) is 0 Å². The molecule has 1 fully saturated rings. The molecule has 12 heteroatoms. The quantitative estimate of drug-likeness (QED) is 0.266. The first-order chi connectivity index (χ1) is 21.6. The molecule has 1 aliphatic rings. The second kappa shape index (κ2) is 15.2. The SMILES string of the molecule is CC[C@@H](C(=O)NC1CCCCC1)N(Cc1ccc(F)cc1)C(=O)CN(c1ccc(F)cc1)S(=O)(=O)c1ccc(OC)c(OC)c1. The predicted molar refractivity (Wildman–Crippen MR) is 167 cm³/mol. The first-order valence-electron chi connectivity index (χ1n) is 14.9. The van der Waals surface area contributed by atoms with Crippen molar-refractivity contribution in [3.8, 4) is 11.5 Å². The van der Waals surface area contributed by atoms with Crippen LogP contribution in [-0.2, 0) is 26.2 Å². The third-order valence-corrected chi connectivity index (χ3v) is 9.71. The average Bonchev–Trinajstić information content (AvgIpc) is 3.04. The Bertz CT molecular complexity index is 1560. The summed E-state index contributed by atoms with van der Waals surface area (Å²) in [6, 6.07) is 13.3. The molecule has 0 heterocycles. The number of carbonyl (C=O) groups is 2. The molecule has 242 valence electrons. The van der Waals surface area contributed by atoms with E-state index in [2.05, 4.69) is 5.32 Å². The zero-order valence-corrected chi connectivity index (χ0v) is 26.5. The maximum Gasteiger partial charge on any atom is 0.264 e. The Morgan fingerprint density at radius 3 is 2.07 bits per heavy atom. The molecule has 1 saturated carbocycles. The van der Waals surface area contributed by atoms with E-state index in [4.69, 9.17) is 9.47 Å². The van der Waals surface area contributed by atoms with E-state index in [1.807, 2.05) is 0 Å². The van der Waals surface area contributed by atoms with E-state index >= 15 is 0 Å². The first kappa shape index (κ1) is 33.7. The lowest BCUT2D eigenvalue weighted by Crippen LogP contribution is -2.54. The lowest BCUT2D eigenvalue weighted by Gasteiger charge is -2.34. The largest absolute Gasteiger partial charge is 0.493 e. The zero-order chi connectivity index (χ0) is 32.6. The molecule has 0 aliphatic heterocycles. The van der Waals surface area contributed by atoms with Crippen molar-refractivity contribution in [1.82, 2.24) is 10.2 Å². The summed E-state index contributed by atoms with van der Waals surface area (Å²) in [5.41, 5.74) is 0.603. The van der Waals surface area contributed by atoms with Gasteiger partial charge in [-0.15, -0.1) is 0 Å². The number of methoxy groups -OCH3 is 2. The highest BCUT2D eigenvalue weighted by Crippen LogP contribution is 2.32. The molecule has 1 atom stereocenters. The van der Waals surface area contributed by atoms with Gasteiger partial charge in [0.2, 0.25) is 11.8 Å². The second-order valence-electron chi connectivity index (χ2n) is 10.9. The average molecular weight is 644 g/mol. The molecule has 0 saturated heterocycles. The number of hydrogen-bond acceptors (Lipinski definition) is 6. The fraction of sp³-hybridized carbons (Fsp3) is 0.394. The Balaban J connectivity index is 1.73. The van der Waals surface area contributed by atoms with E-state index in [9.17, 15) is 26.8 Å². The third-order valence-electron chi connectivity index (χ3n) is 7.94. The van der Waals surface area contributed by atoms with Gasteiger partial charge in [0.25, 0.3) is 10.0 Å². The highest BCUT2D eigenvalue weighted by molar-refractivity contribution is 7.92. The number of nitrogens with one attached hydrogen (secondary N) is 1. The van der Waals surface area contributed by atoms with Gasteiger partial charge in [0.1, 0.15) is 24.2 Å². The molecular weight excluding hydrogens is 604 g/mol. The van der Waals surface area contributed by atoms with Crippen LogP contribution in [0.1, 0.15) is 51.0 Å². The maximum atomic E-state index is 14.2. The van der Waals surface area contributed by atoms with Gasteiger partial charge in [0.15, 0.2) is 11.5 Å². The molecule has 2 amide bonds. The molecule has 0 radical (unpaired) electrons. The summed E-state index contributed by atoms with van der Waals surface area (Å²) >= 11 is 0. The van der Waals surface area contributed by atoms with Gasteiger partial charge >= 0.3 is 0 Å². The summed E-state index contributed by atoms with van der Waals surface area (Å²) in [7, 11) is -1.65. The Labute approximate surface area is 263 Å². The minimum atomic E-state index is -4.43. The van der Waals surface area contributed by atoms with Crippen LogP contribution in [0.2, 0.25) is 0 Å². The molecule has 3 aromatic carbocycles. The molecule has 1 N–H and O–H groups in total. The Hall–Kier alpha value is -4.19. The van der Waals surface area contributed by atoms with Crippen molar-refractivity contribution < 1.29 is 36.3 Å². The fourth-order valence-electron chi connectivity index (χ4n) is 5.49. The van der Waals surface area contributed by atoms with Gasteiger partial charge in [0, 0.05) is 18.7 Å². The van der Waals surface area contributed by atoms with Crippen LogP contribution in [0.25, 0.3) is 0 Å². The number of anilines is 1. The Morgan fingerprint density at radius 1 is 0.889 bits per heavy atom. The topological polar surface area (TPSA) is 105 Å². The number of amides is 2. The predicted octanol–water partition coefficient (Wildman–Crippen LogP) is 5.43. The molecule has 0 aromatic heterocycles. The monoisotopic (exact) mass is 643 g/mol. The standard InChI is InChI=1S/C33H39F2N3O6S/c1-4-29(33(40)36-26-8-6-5-7-9-26)37(21-23-10-12-24(34)13-11-23)32(39)22-38(27-16-14-25(35)15-17-27)45(41,42)28-18-19-30(43-2)31(20-28)44-3/h10-20,26,29H,4-9,21-22H2,1-3H3,(H,36,40)/t29-/m0/s1. The summed E-state index contributed by atoms with van der Waals surface area (Å²) < 4.78 is 67.3. The minimum absolute atomic E-state index is 0.00998. The van der Waals surface area contributed by atoms with Crippen LogP contribution >= 0.6 is 0 Å². The van der Waals surface area contributed by atoms with Gasteiger partial charge in [-0.3, -0.25) is 13.9 Å². The van der Waals surface area contributed by atoms with Gasteiger partial charge in [0.05, 0.1) is 24.8 Å². The second-order valence-corrected chi connectivity index (χ2v) is 12.8. The third kappa shape index (κ3) is 8.30. The van der Waals surface area contributed by atoms with Crippen molar-refractivity contribution >= 4 is 27.5 Å². The van der Waals surface area contributed by atoms with Crippen molar-refractivity contribution in [3.05, 3.63) is 83.9 Å². The highest BCUT2D eigenvalue weighted by Gasteiger charge is 2.35. The normalized spacial score (nSPS) is 14.3. The summed E-state index contributed by atoms with van der Waals surface area (Å²) in [5, 5.41) is 3.08. The zero-order valence-electron chi connectivity index (χ0n) is 25.7. The van der Waals surface area contributed by atoms with Crippen LogP contribution in [0, 0.1) is 11.6 Å². The van der Waals surface area contributed by atoms with Crippen LogP contribution in [-0.4, -0.2) is 58.0 Å². The van der Waals surface area contributed by atoms with Gasteiger partial charge in [-0.2, -0.15) is 0 Å². The van der Waals surface area contributed by atoms with E-state index in [-0.39, 0.29) is 41.2 Å². The van der Waals surface area contributed by atoms with Gasteiger partial charge in [-0.1, -0.05) is 38.3 Å². The molecule has 0 bridgehead atoms. The molecule has 9 nitrogen and oxygen atoms in total. The lowest BCUT2D eigenvalue weighted by molar-refractivity contribution is -0.140. The molecule has 3 aromatic rings. The number of halogens is 2. The highest BCUT2D eigenvalue weighted by atomic mass is 32.2. The van der Waals surface area contributed by atoms with Crippen LogP contribution in [0.15, 0.2) is 71.6 Å². The molecule has 0 spiro atoms. The minimum Gasteiger partial charge on any atom is -0.493 e. The number of carbonyl (C=O) groups excluding carboxylic acids is 2. The molecule has 1 aliphatic carbocycles. The number of nitrogens with zero attached hydrogens (tertiary/aromatic N) is 2. The van der Waals surface area contributed by atoms with E-state index in [1.54, 1.807) is 6.92 Å². The molecule has 45 heavy (non-hydrogen) atoms. The number of hydrogen-bond donors (Lipinski definition) is 1. The van der Waals surface area contributed by atoms with E-state index in [0.717, 1.165) is 48.5 Å². The van der Waals surface area contributed by atoms with E-state index in [1.165, 1.54) is 73.7 Å². The summed E-state index contributed by atoms with van der Waals surface area (Å²) in [6.07, 6.45) is 5.05. The number of rotatable bonds is 13. The van der Waals surface area contributed by atoms with Crippen LogP contribution in [0.3, 0.4) is 0 Å². The van der Waals surface area contributed by atoms with Gasteiger partial charge in [-0.25, -0.2) is 17.2 Å². The van der Waals surface area contributed by atoms with Crippen molar-refractivity contribution in [2.24, 2.45) is 0 Å². The molecule has 4 rings (SSSR count). The number of ether oxygens (including phenoxy) is 2.